The zero-order valence-electron chi connectivity index (χ0n) is 17.3. The van der Waals surface area contributed by atoms with Gasteiger partial charge in [0, 0.05) is 22.5 Å². The summed E-state index contributed by atoms with van der Waals surface area (Å²) in [7, 11) is 0. The average Bonchev–Trinajstić information content (AvgIpc) is 2.75. The first-order valence-electron chi connectivity index (χ1n) is 10.1. The number of unbranched alkanes of at least 4 members (excludes halogenated alkanes) is 1. The van der Waals surface area contributed by atoms with Gasteiger partial charge in [0.2, 0.25) is 0 Å². The molecule has 0 saturated heterocycles. The molecule has 3 rings (SSSR count). The number of amides is 2. The highest BCUT2D eigenvalue weighted by molar-refractivity contribution is 6.06. The maximum atomic E-state index is 12.5. The maximum Gasteiger partial charge on any atom is 0.255 e. The summed E-state index contributed by atoms with van der Waals surface area (Å²) in [4.78, 5) is 24.9. The molecule has 0 unspecified atom stereocenters. The van der Waals surface area contributed by atoms with Gasteiger partial charge in [0.15, 0.2) is 0 Å². The summed E-state index contributed by atoms with van der Waals surface area (Å²) < 4.78 is 5.66. The van der Waals surface area contributed by atoms with Crippen molar-refractivity contribution in [1.29, 1.82) is 0 Å². The highest BCUT2D eigenvalue weighted by atomic mass is 16.5. The van der Waals surface area contributed by atoms with Crippen molar-refractivity contribution in [3.63, 3.8) is 0 Å². The lowest BCUT2D eigenvalue weighted by atomic mass is 10.1. The van der Waals surface area contributed by atoms with Crippen molar-refractivity contribution in [2.24, 2.45) is 0 Å². The molecule has 0 saturated carbocycles. The number of carbonyl (C=O) groups is 2. The van der Waals surface area contributed by atoms with Crippen molar-refractivity contribution in [1.82, 2.24) is 0 Å². The molecule has 0 radical (unpaired) electrons. The van der Waals surface area contributed by atoms with E-state index >= 15 is 0 Å². The monoisotopic (exact) mass is 402 g/mol. The van der Waals surface area contributed by atoms with Crippen LogP contribution in [0.15, 0.2) is 72.8 Å². The van der Waals surface area contributed by atoms with Gasteiger partial charge in [0.1, 0.15) is 5.75 Å². The first-order valence-corrected chi connectivity index (χ1v) is 10.1. The molecule has 0 aliphatic carbocycles. The fourth-order valence-electron chi connectivity index (χ4n) is 2.89. The molecule has 3 aromatic carbocycles. The van der Waals surface area contributed by atoms with Crippen LogP contribution in [0.1, 0.15) is 46.0 Å². The molecule has 0 bridgehead atoms. The van der Waals surface area contributed by atoms with Crippen LogP contribution in [0.25, 0.3) is 0 Å². The number of carbonyl (C=O) groups excluding carboxylic acids is 2. The molecule has 0 heterocycles. The summed E-state index contributed by atoms with van der Waals surface area (Å²) in [5.41, 5.74) is 3.46. The van der Waals surface area contributed by atoms with Crippen molar-refractivity contribution in [3.8, 4) is 5.75 Å². The number of hydrogen-bond donors (Lipinski definition) is 2. The molecule has 0 fully saturated rings. The minimum atomic E-state index is -0.215. The van der Waals surface area contributed by atoms with Crippen LogP contribution >= 0.6 is 0 Å². The van der Waals surface area contributed by atoms with Gasteiger partial charge in [-0.15, -0.1) is 0 Å². The summed E-state index contributed by atoms with van der Waals surface area (Å²) in [6.45, 7) is 4.69. The van der Waals surface area contributed by atoms with Gasteiger partial charge in [0.05, 0.1) is 6.61 Å². The molecule has 0 aromatic heterocycles. The normalized spacial score (nSPS) is 10.3. The Morgan fingerprint density at radius 1 is 0.800 bits per heavy atom. The van der Waals surface area contributed by atoms with Crippen molar-refractivity contribution in [2.45, 2.75) is 26.7 Å². The van der Waals surface area contributed by atoms with Crippen LogP contribution in [0.5, 0.6) is 5.75 Å². The van der Waals surface area contributed by atoms with Crippen LogP contribution in [0.2, 0.25) is 0 Å². The number of rotatable bonds is 8. The van der Waals surface area contributed by atoms with Crippen LogP contribution in [0.4, 0.5) is 11.4 Å². The van der Waals surface area contributed by atoms with Crippen LogP contribution in [-0.2, 0) is 0 Å². The summed E-state index contributed by atoms with van der Waals surface area (Å²) in [6, 6.07) is 21.6. The molecule has 3 aromatic rings. The number of nitrogens with one attached hydrogen (secondary N) is 2. The molecule has 2 N–H and O–H groups in total. The van der Waals surface area contributed by atoms with Gasteiger partial charge in [0.25, 0.3) is 11.8 Å². The van der Waals surface area contributed by atoms with E-state index in [1.165, 1.54) is 0 Å². The molecule has 0 aliphatic heterocycles. The van der Waals surface area contributed by atoms with E-state index in [4.69, 9.17) is 4.74 Å². The lowest BCUT2D eigenvalue weighted by Crippen LogP contribution is -2.13. The van der Waals surface area contributed by atoms with Crippen LogP contribution < -0.4 is 15.4 Å². The van der Waals surface area contributed by atoms with E-state index in [0.717, 1.165) is 18.4 Å². The Balaban J connectivity index is 1.59. The minimum absolute atomic E-state index is 0.171. The van der Waals surface area contributed by atoms with E-state index in [2.05, 4.69) is 17.6 Å². The molecule has 0 spiro atoms. The molecule has 2 amide bonds. The number of aryl methyl sites for hydroxylation is 1. The van der Waals surface area contributed by atoms with E-state index in [1.807, 2.05) is 31.2 Å². The second-order valence-corrected chi connectivity index (χ2v) is 7.08. The molecular weight excluding hydrogens is 376 g/mol. The van der Waals surface area contributed by atoms with Gasteiger partial charge in [-0.1, -0.05) is 37.1 Å². The van der Waals surface area contributed by atoms with Gasteiger partial charge in [-0.2, -0.15) is 0 Å². The number of hydrogen-bond acceptors (Lipinski definition) is 3. The third-order valence-electron chi connectivity index (χ3n) is 4.54. The Kier molecular flexibility index (Phi) is 7.22. The Morgan fingerprint density at radius 2 is 1.37 bits per heavy atom. The molecule has 30 heavy (non-hydrogen) atoms. The van der Waals surface area contributed by atoms with Crippen molar-refractivity contribution in [2.75, 3.05) is 17.2 Å². The second-order valence-electron chi connectivity index (χ2n) is 7.08. The third kappa shape index (κ3) is 5.95. The van der Waals surface area contributed by atoms with Gasteiger partial charge in [-0.05, 0) is 67.9 Å². The van der Waals surface area contributed by atoms with Crippen molar-refractivity contribution >= 4 is 23.2 Å². The van der Waals surface area contributed by atoms with E-state index in [0.29, 0.717) is 34.9 Å². The summed E-state index contributed by atoms with van der Waals surface area (Å²) in [5, 5.41) is 5.73. The largest absolute Gasteiger partial charge is 0.494 e. The molecule has 0 aliphatic rings. The van der Waals surface area contributed by atoms with E-state index < -0.39 is 0 Å². The summed E-state index contributed by atoms with van der Waals surface area (Å²) in [6.07, 6.45) is 2.03. The molecule has 154 valence electrons. The lowest BCUT2D eigenvalue weighted by Gasteiger charge is -2.10. The molecular formula is C25H26N2O3. The first kappa shape index (κ1) is 21.1. The maximum absolute atomic E-state index is 12.5. The van der Waals surface area contributed by atoms with Crippen LogP contribution in [-0.4, -0.2) is 18.4 Å². The molecule has 5 nitrogen and oxygen atoms in total. The van der Waals surface area contributed by atoms with Crippen LogP contribution in [0.3, 0.4) is 0 Å². The van der Waals surface area contributed by atoms with E-state index in [-0.39, 0.29) is 11.8 Å². The van der Waals surface area contributed by atoms with Gasteiger partial charge in [-0.3, -0.25) is 9.59 Å². The topological polar surface area (TPSA) is 67.4 Å². The average molecular weight is 402 g/mol. The zero-order valence-corrected chi connectivity index (χ0v) is 17.3. The van der Waals surface area contributed by atoms with Crippen molar-refractivity contribution in [3.05, 3.63) is 89.5 Å². The third-order valence-corrected chi connectivity index (χ3v) is 4.54. The number of anilines is 2. The Bertz CT molecular complexity index is 1010. The fraction of sp³-hybridized carbons (Fsp3) is 0.200. The fourth-order valence-corrected chi connectivity index (χ4v) is 2.89. The lowest BCUT2D eigenvalue weighted by molar-refractivity contribution is 0.101. The van der Waals surface area contributed by atoms with Gasteiger partial charge >= 0.3 is 0 Å². The Labute approximate surface area is 177 Å². The number of ether oxygens (including phenoxy) is 1. The quantitative estimate of drug-likeness (QED) is 0.477. The predicted octanol–water partition coefficient (Wildman–Crippen LogP) is 5.68. The second kappa shape index (κ2) is 10.3. The molecule has 0 atom stereocenters. The van der Waals surface area contributed by atoms with Crippen molar-refractivity contribution < 1.29 is 14.3 Å². The standard InChI is InChI=1S/C25H26N2O3/c1-3-4-15-30-23-10-6-9-20(17-23)25(29)27-22-13-11-21(12-14-22)26-24(28)19-8-5-7-18(2)16-19/h5-14,16-17H,3-4,15H2,1-2H3,(H,26,28)(H,27,29). The Morgan fingerprint density at radius 3 is 1.93 bits per heavy atom. The van der Waals surface area contributed by atoms with Crippen LogP contribution in [0, 0.1) is 6.92 Å². The molecule has 5 heteroatoms. The van der Waals surface area contributed by atoms with Gasteiger partial charge < -0.3 is 15.4 Å². The highest BCUT2D eigenvalue weighted by Crippen LogP contribution is 2.18. The Hall–Kier alpha value is -3.60. The highest BCUT2D eigenvalue weighted by Gasteiger charge is 2.09. The summed E-state index contributed by atoms with van der Waals surface area (Å²) in [5.74, 6) is 0.299. The summed E-state index contributed by atoms with van der Waals surface area (Å²) >= 11 is 0. The van der Waals surface area contributed by atoms with Gasteiger partial charge in [-0.25, -0.2) is 0 Å². The van der Waals surface area contributed by atoms with E-state index in [1.54, 1.807) is 48.5 Å². The SMILES string of the molecule is CCCCOc1cccc(C(=O)Nc2ccc(NC(=O)c3cccc(C)c3)cc2)c1. The predicted molar refractivity (Wildman–Crippen MR) is 120 cm³/mol. The zero-order chi connectivity index (χ0) is 21.3. The van der Waals surface area contributed by atoms with E-state index in [9.17, 15) is 9.59 Å². The minimum Gasteiger partial charge on any atom is -0.494 e. The number of benzene rings is 3. The smallest absolute Gasteiger partial charge is 0.255 e. The first-order chi connectivity index (χ1) is 14.5.